The van der Waals surface area contributed by atoms with Gasteiger partial charge in [-0.15, -0.1) is 0 Å². The van der Waals surface area contributed by atoms with Crippen LogP contribution in [0, 0.1) is 11.8 Å². The quantitative estimate of drug-likeness (QED) is 0.804. The van der Waals surface area contributed by atoms with Crippen molar-refractivity contribution in [2.24, 2.45) is 11.8 Å². The Morgan fingerprint density at radius 2 is 2.00 bits per heavy atom. The lowest BCUT2D eigenvalue weighted by Crippen LogP contribution is -2.12. The molecular formula is C15H25N3. The lowest BCUT2D eigenvalue weighted by Gasteiger charge is -2.13. The third-order valence-electron chi connectivity index (χ3n) is 3.72. The third kappa shape index (κ3) is 3.90. The number of hydrogen-bond donors (Lipinski definition) is 2. The first kappa shape index (κ1) is 13.2. The molecule has 0 saturated heterocycles. The Bertz CT molecular complexity index is 365. The van der Waals surface area contributed by atoms with Crippen molar-refractivity contribution in [2.45, 2.75) is 39.5 Å². The predicted molar refractivity (Wildman–Crippen MR) is 78.0 cm³/mol. The maximum Gasteiger partial charge on any atom is 0.0547 e. The van der Waals surface area contributed by atoms with Crippen LogP contribution in [0.1, 0.15) is 39.5 Å². The maximum atomic E-state index is 4.27. The standard InChI is InChI=1S/C15H25N3/c1-3-6-17-14-8-15(11-16-10-14)18-9-13-5-4-12(2)7-13/h8,10-13,17-18H,3-7,9H2,1-2H3. The zero-order valence-electron chi connectivity index (χ0n) is 11.6. The molecule has 0 amide bonds. The second-order valence-corrected chi connectivity index (χ2v) is 5.55. The van der Waals surface area contributed by atoms with Gasteiger partial charge in [-0.05, 0) is 37.2 Å². The highest BCUT2D eigenvalue weighted by molar-refractivity contribution is 5.53. The molecule has 1 aliphatic carbocycles. The zero-order chi connectivity index (χ0) is 12.8. The number of rotatable bonds is 6. The summed E-state index contributed by atoms with van der Waals surface area (Å²) in [7, 11) is 0. The molecule has 0 bridgehead atoms. The number of aromatic nitrogens is 1. The number of anilines is 2. The molecule has 18 heavy (non-hydrogen) atoms. The molecule has 1 fully saturated rings. The molecule has 2 N–H and O–H groups in total. The fraction of sp³-hybridized carbons (Fsp3) is 0.667. The van der Waals surface area contributed by atoms with E-state index in [1.807, 2.05) is 12.4 Å². The average Bonchev–Trinajstić information content (AvgIpc) is 2.80. The van der Waals surface area contributed by atoms with Crippen LogP contribution in [0.4, 0.5) is 11.4 Å². The molecule has 2 atom stereocenters. The molecule has 2 unspecified atom stereocenters. The van der Waals surface area contributed by atoms with E-state index >= 15 is 0 Å². The van der Waals surface area contributed by atoms with E-state index in [0.29, 0.717) is 0 Å². The van der Waals surface area contributed by atoms with E-state index in [-0.39, 0.29) is 0 Å². The molecule has 1 saturated carbocycles. The molecule has 1 aromatic rings. The first-order valence-electron chi connectivity index (χ1n) is 7.20. The lowest BCUT2D eigenvalue weighted by atomic mass is 10.1. The van der Waals surface area contributed by atoms with Gasteiger partial charge >= 0.3 is 0 Å². The van der Waals surface area contributed by atoms with Crippen LogP contribution < -0.4 is 10.6 Å². The Labute approximate surface area is 110 Å². The summed E-state index contributed by atoms with van der Waals surface area (Å²) in [6.07, 6.45) is 9.07. The van der Waals surface area contributed by atoms with Gasteiger partial charge in [-0.3, -0.25) is 4.98 Å². The van der Waals surface area contributed by atoms with Gasteiger partial charge in [-0.25, -0.2) is 0 Å². The smallest absolute Gasteiger partial charge is 0.0547 e. The molecule has 3 heteroatoms. The largest absolute Gasteiger partial charge is 0.384 e. The van der Waals surface area contributed by atoms with Gasteiger partial charge in [0.15, 0.2) is 0 Å². The summed E-state index contributed by atoms with van der Waals surface area (Å²) in [5.41, 5.74) is 2.25. The van der Waals surface area contributed by atoms with Crippen molar-refractivity contribution < 1.29 is 0 Å². The molecule has 2 rings (SSSR count). The highest BCUT2D eigenvalue weighted by Gasteiger charge is 2.20. The van der Waals surface area contributed by atoms with Gasteiger partial charge < -0.3 is 10.6 Å². The van der Waals surface area contributed by atoms with Gasteiger partial charge in [-0.1, -0.05) is 20.3 Å². The van der Waals surface area contributed by atoms with Crippen LogP contribution >= 0.6 is 0 Å². The minimum Gasteiger partial charge on any atom is -0.384 e. The van der Waals surface area contributed by atoms with Gasteiger partial charge in [0.05, 0.1) is 23.8 Å². The molecule has 0 aromatic carbocycles. The first-order chi connectivity index (χ1) is 8.78. The van der Waals surface area contributed by atoms with E-state index in [9.17, 15) is 0 Å². The van der Waals surface area contributed by atoms with Crippen LogP contribution in [0.5, 0.6) is 0 Å². The fourth-order valence-electron chi connectivity index (χ4n) is 2.68. The summed E-state index contributed by atoms with van der Waals surface area (Å²) < 4.78 is 0. The summed E-state index contributed by atoms with van der Waals surface area (Å²) in [6, 6.07) is 2.15. The highest BCUT2D eigenvalue weighted by atomic mass is 14.9. The van der Waals surface area contributed by atoms with E-state index < -0.39 is 0 Å². The zero-order valence-corrected chi connectivity index (χ0v) is 11.6. The van der Waals surface area contributed by atoms with E-state index in [0.717, 1.165) is 42.7 Å². The van der Waals surface area contributed by atoms with Crippen LogP contribution in [-0.2, 0) is 0 Å². The van der Waals surface area contributed by atoms with Crippen molar-refractivity contribution in [1.82, 2.24) is 4.98 Å². The van der Waals surface area contributed by atoms with Gasteiger partial charge in [0.2, 0.25) is 0 Å². The van der Waals surface area contributed by atoms with Crippen molar-refractivity contribution in [3.05, 3.63) is 18.5 Å². The number of pyridine rings is 1. The summed E-state index contributed by atoms with van der Waals surface area (Å²) in [5.74, 6) is 1.75. The number of hydrogen-bond acceptors (Lipinski definition) is 3. The Hall–Kier alpha value is -1.25. The summed E-state index contributed by atoms with van der Waals surface area (Å²) in [6.45, 7) is 6.62. The third-order valence-corrected chi connectivity index (χ3v) is 3.72. The van der Waals surface area contributed by atoms with Gasteiger partial charge in [0.25, 0.3) is 0 Å². The van der Waals surface area contributed by atoms with Crippen LogP contribution in [0.3, 0.4) is 0 Å². The van der Waals surface area contributed by atoms with Gasteiger partial charge in [0.1, 0.15) is 0 Å². The summed E-state index contributed by atoms with van der Waals surface area (Å²) in [5, 5.41) is 6.89. The highest BCUT2D eigenvalue weighted by Crippen LogP contribution is 2.30. The van der Waals surface area contributed by atoms with Crippen molar-refractivity contribution in [3.63, 3.8) is 0 Å². The van der Waals surface area contributed by atoms with Crippen molar-refractivity contribution in [1.29, 1.82) is 0 Å². The molecule has 0 aliphatic heterocycles. The fourth-order valence-corrected chi connectivity index (χ4v) is 2.68. The maximum absolute atomic E-state index is 4.27. The molecule has 0 spiro atoms. The van der Waals surface area contributed by atoms with Crippen LogP contribution in [-0.4, -0.2) is 18.1 Å². The van der Waals surface area contributed by atoms with E-state index in [4.69, 9.17) is 0 Å². The van der Waals surface area contributed by atoms with Crippen molar-refractivity contribution in [3.8, 4) is 0 Å². The molecule has 0 radical (unpaired) electrons. The second kappa shape index (κ2) is 6.62. The molecule has 3 nitrogen and oxygen atoms in total. The molecular weight excluding hydrogens is 222 g/mol. The predicted octanol–water partition coefficient (Wildman–Crippen LogP) is 3.75. The topological polar surface area (TPSA) is 37.0 Å². The van der Waals surface area contributed by atoms with Gasteiger partial charge in [0, 0.05) is 13.1 Å². The Balaban J connectivity index is 1.81. The average molecular weight is 247 g/mol. The van der Waals surface area contributed by atoms with E-state index in [1.165, 1.54) is 19.3 Å². The van der Waals surface area contributed by atoms with Gasteiger partial charge in [-0.2, -0.15) is 0 Å². The lowest BCUT2D eigenvalue weighted by molar-refractivity contribution is 0.537. The number of nitrogens with zero attached hydrogens (tertiary/aromatic N) is 1. The molecule has 1 aliphatic rings. The van der Waals surface area contributed by atoms with E-state index in [2.05, 4.69) is 35.5 Å². The van der Waals surface area contributed by atoms with Crippen molar-refractivity contribution >= 4 is 11.4 Å². The van der Waals surface area contributed by atoms with E-state index in [1.54, 1.807) is 0 Å². The summed E-state index contributed by atoms with van der Waals surface area (Å²) >= 11 is 0. The molecule has 1 heterocycles. The monoisotopic (exact) mass is 247 g/mol. The normalized spacial score (nSPS) is 23.0. The Kier molecular flexibility index (Phi) is 4.85. The molecule has 100 valence electrons. The Morgan fingerprint density at radius 3 is 2.67 bits per heavy atom. The first-order valence-corrected chi connectivity index (χ1v) is 7.20. The molecule has 1 aromatic heterocycles. The Morgan fingerprint density at radius 1 is 1.22 bits per heavy atom. The SMILES string of the molecule is CCCNc1cncc(NCC2CCC(C)C2)c1. The summed E-state index contributed by atoms with van der Waals surface area (Å²) in [4.78, 5) is 4.27. The van der Waals surface area contributed by atoms with Crippen LogP contribution in [0.15, 0.2) is 18.5 Å². The second-order valence-electron chi connectivity index (χ2n) is 5.55. The van der Waals surface area contributed by atoms with Crippen molar-refractivity contribution in [2.75, 3.05) is 23.7 Å². The van der Waals surface area contributed by atoms with Crippen LogP contribution in [0.25, 0.3) is 0 Å². The van der Waals surface area contributed by atoms with Crippen LogP contribution in [0.2, 0.25) is 0 Å². The number of nitrogens with one attached hydrogen (secondary N) is 2. The minimum absolute atomic E-state index is 0.840. The minimum atomic E-state index is 0.840.